The van der Waals surface area contributed by atoms with Crippen molar-refractivity contribution in [1.82, 2.24) is 5.32 Å². The molecule has 1 rings (SSSR count). The first-order valence-corrected chi connectivity index (χ1v) is 6.91. The number of hydrogen-bond donors (Lipinski definition) is 1. The molecule has 0 saturated carbocycles. The smallest absolute Gasteiger partial charge is 0.387 e. The zero-order chi connectivity index (χ0) is 14.3. The monoisotopic (exact) mass is 271 g/mol. The minimum absolute atomic E-state index is 0.0509. The topological polar surface area (TPSA) is 21.3 Å². The molecule has 1 unspecified atom stereocenters. The third-order valence-electron chi connectivity index (χ3n) is 3.41. The van der Waals surface area contributed by atoms with E-state index in [4.69, 9.17) is 0 Å². The zero-order valence-electron chi connectivity index (χ0n) is 11.8. The molecule has 19 heavy (non-hydrogen) atoms. The van der Waals surface area contributed by atoms with Crippen LogP contribution in [0.15, 0.2) is 24.3 Å². The highest BCUT2D eigenvalue weighted by atomic mass is 19.3. The molecular formula is C15H23F2NO. The third-order valence-corrected chi connectivity index (χ3v) is 3.41. The van der Waals surface area contributed by atoms with Crippen LogP contribution in [-0.4, -0.2) is 13.2 Å². The summed E-state index contributed by atoms with van der Waals surface area (Å²) >= 11 is 0. The lowest BCUT2D eigenvalue weighted by molar-refractivity contribution is -0.0509. The molecule has 0 bridgehead atoms. The summed E-state index contributed by atoms with van der Waals surface area (Å²) in [6, 6.07) is 7.10. The van der Waals surface area contributed by atoms with E-state index in [-0.39, 0.29) is 11.8 Å². The van der Waals surface area contributed by atoms with Crippen LogP contribution in [0.4, 0.5) is 8.78 Å². The summed E-state index contributed by atoms with van der Waals surface area (Å²) in [5.41, 5.74) is 0.818. The van der Waals surface area contributed by atoms with Gasteiger partial charge in [-0.05, 0) is 18.5 Å². The van der Waals surface area contributed by atoms with Crippen LogP contribution in [0.5, 0.6) is 5.75 Å². The number of benzene rings is 1. The van der Waals surface area contributed by atoms with Gasteiger partial charge in [-0.1, -0.05) is 51.8 Å². The highest BCUT2D eigenvalue weighted by Crippen LogP contribution is 2.33. The van der Waals surface area contributed by atoms with Gasteiger partial charge in [0.25, 0.3) is 0 Å². The average Bonchev–Trinajstić information content (AvgIpc) is 2.39. The maximum Gasteiger partial charge on any atom is 0.387 e. The Bertz CT molecular complexity index is 367. The van der Waals surface area contributed by atoms with Gasteiger partial charge in [0.2, 0.25) is 0 Å². The van der Waals surface area contributed by atoms with Gasteiger partial charge < -0.3 is 10.1 Å². The standard InChI is InChI=1S/C15H23F2NO/c1-4-11(5-2)14(18-6-3)12-9-7-8-10-13(12)19-15(16)17/h7-11,14-15,18H,4-6H2,1-3H3. The van der Waals surface area contributed by atoms with Crippen molar-refractivity contribution in [2.24, 2.45) is 5.92 Å². The molecule has 1 aromatic carbocycles. The Morgan fingerprint density at radius 2 is 1.74 bits per heavy atom. The van der Waals surface area contributed by atoms with E-state index < -0.39 is 6.61 Å². The van der Waals surface area contributed by atoms with E-state index in [1.54, 1.807) is 12.1 Å². The van der Waals surface area contributed by atoms with Crippen LogP contribution in [0.3, 0.4) is 0 Å². The Hall–Kier alpha value is -1.16. The minimum Gasteiger partial charge on any atom is -0.434 e. The molecule has 2 nitrogen and oxygen atoms in total. The molecule has 4 heteroatoms. The first kappa shape index (κ1) is 15.9. The zero-order valence-corrected chi connectivity index (χ0v) is 11.8. The first-order chi connectivity index (χ1) is 9.13. The molecule has 0 fully saturated rings. The lowest BCUT2D eigenvalue weighted by Gasteiger charge is -2.28. The number of hydrogen-bond acceptors (Lipinski definition) is 2. The Kier molecular flexibility index (Phi) is 6.78. The molecule has 1 atom stereocenters. The van der Waals surface area contributed by atoms with Crippen LogP contribution in [0, 0.1) is 5.92 Å². The van der Waals surface area contributed by atoms with E-state index >= 15 is 0 Å². The van der Waals surface area contributed by atoms with Crippen LogP contribution in [0.1, 0.15) is 45.2 Å². The summed E-state index contributed by atoms with van der Waals surface area (Å²) in [4.78, 5) is 0. The van der Waals surface area contributed by atoms with E-state index in [9.17, 15) is 8.78 Å². The van der Waals surface area contributed by atoms with Crippen molar-refractivity contribution in [3.05, 3.63) is 29.8 Å². The highest BCUT2D eigenvalue weighted by molar-refractivity contribution is 5.36. The molecule has 0 aliphatic carbocycles. The van der Waals surface area contributed by atoms with Crippen LogP contribution in [0.25, 0.3) is 0 Å². The van der Waals surface area contributed by atoms with Crippen LogP contribution < -0.4 is 10.1 Å². The maximum absolute atomic E-state index is 12.5. The number of ether oxygens (including phenoxy) is 1. The summed E-state index contributed by atoms with van der Waals surface area (Å²) in [6.07, 6.45) is 1.99. The van der Waals surface area contributed by atoms with Gasteiger partial charge in [0.15, 0.2) is 0 Å². The number of nitrogens with one attached hydrogen (secondary N) is 1. The quantitative estimate of drug-likeness (QED) is 0.758. The van der Waals surface area contributed by atoms with E-state index in [1.165, 1.54) is 0 Å². The summed E-state index contributed by atoms with van der Waals surface area (Å²) < 4.78 is 29.6. The van der Waals surface area contributed by atoms with Crippen molar-refractivity contribution in [2.45, 2.75) is 46.3 Å². The number of para-hydroxylation sites is 1. The van der Waals surface area contributed by atoms with Crippen molar-refractivity contribution in [3.63, 3.8) is 0 Å². The Morgan fingerprint density at radius 3 is 2.26 bits per heavy atom. The predicted octanol–water partition coefficient (Wildman–Crippen LogP) is 4.37. The maximum atomic E-state index is 12.5. The van der Waals surface area contributed by atoms with E-state index in [1.807, 2.05) is 19.1 Å². The molecule has 1 aromatic rings. The Balaban J connectivity index is 3.06. The summed E-state index contributed by atoms with van der Waals surface area (Å²) in [7, 11) is 0. The molecule has 0 aromatic heterocycles. The number of alkyl halides is 2. The lowest BCUT2D eigenvalue weighted by Crippen LogP contribution is -2.28. The summed E-state index contributed by atoms with van der Waals surface area (Å²) in [5, 5.41) is 3.39. The second-order valence-corrected chi connectivity index (χ2v) is 4.53. The lowest BCUT2D eigenvalue weighted by atomic mass is 9.88. The molecule has 0 saturated heterocycles. The largest absolute Gasteiger partial charge is 0.434 e. The van der Waals surface area contributed by atoms with E-state index in [2.05, 4.69) is 23.9 Å². The third kappa shape index (κ3) is 4.46. The highest BCUT2D eigenvalue weighted by Gasteiger charge is 2.23. The number of rotatable bonds is 8. The molecule has 108 valence electrons. The Labute approximate surface area is 114 Å². The van der Waals surface area contributed by atoms with Gasteiger partial charge in [-0.25, -0.2) is 0 Å². The minimum atomic E-state index is -2.79. The summed E-state index contributed by atoms with van der Waals surface area (Å²) in [6.45, 7) is 4.27. The molecule has 0 radical (unpaired) electrons. The van der Waals surface area contributed by atoms with Crippen molar-refractivity contribution in [2.75, 3.05) is 6.54 Å². The molecule has 0 heterocycles. The van der Waals surface area contributed by atoms with Gasteiger partial charge in [0.05, 0.1) is 0 Å². The van der Waals surface area contributed by atoms with E-state index in [0.29, 0.717) is 5.92 Å². The fourth-order valence-electron chi connectivity index (χ4n) is 2.45. The van der Waals surface area contributed by atoms with E-state index in [0.717, 1.165) is 24.9 Å². The van der Waals surface area contributed by atoms with Gasteiger partial charge >= 0.3 is 6.61 Å². The van der Waals surface area contributed by atoms with Gasteiger partial charge in [0.1, 0.15) is 5.75 Å². The summed E-state index contributed by atoms with van der Waals surface area (Å²) in [5.74, 6) is 0.678. The van der Waals surface area contributed by atoms with Crippen molar-refractivity contribution in [3.8, 4) is 5.75 Å². The van der Waals surface area contributed by atoms with Gasteiger partial charge in [-0.15, -0.1) is 0 Å². The first-order valence-electron chi connectivity index (χ1n) is 6.91. The van der Waals surface area contributed by atoms with Crippen molar-refractivity contribution >= 4 is 0 Å². The molecular weight excluding hydrogens is 248 g/mol. The van der Waals surface area contributed by atoms with Crippen molar-refractivity contribution in [1.29, 1.82) is 0 Å². The van der Waals surface area contributed by atoms with Gasteiger partial charge in [0, 0.05) is 11.6 Å². The van der Waals surface area contributed by atoms with Gasteiger partial charge in [-0.2, -0.15) is 8.78 Å². The Morgan fingerprint density at radius 1 is 1.11 bits per heavy atom. The molecule has 0 aliphatic rings. The number of halogens is 2. The van der Waals surface area contributed by atoms with Crippen LogP contribution >= 0.6 is 0 Å². The average molecular weight is 271 g/mol. The van der Waals surface area contributed by atoms with Crippen LogP contribution in [-0.2, 0) is 0 Å². The normalized spacial score (nSPS) is 13.0. The van der Waals surface area contributed by atoms with Gasteiger partial charge in [-0.3, -0.25) is 0 Å². The SMILES string of the molecule is CCNC(c1ccccc1OC(F)F)C(CC)CC. The molecule has 1 N–H and O–H groups in total. The predicted molar refractivity (Wildman–Crippen MR) is 73.6 cm³/mol. The second-order valence-electron chi connectivity index (χ2n) is 4.53. The molecule has 0 spiro atoms. The molecule has 0 amide bonds. The molecule has 0 aliphatic heterocycles. The van der Waals surface area contributed by atoms with Crippen molar-refractivity contribution < 1.29 is 13.5 Å². The fraction of sp³-hybridized carbons (Fsp3) is 0.600. The fourth-order valence-corrected chi connectivity index (χ4v) is 2.45. The second kappa shape index (κ2) is 8.10. The van der Waals surface area contributed by atoms with Crippen LogP contribution in [0.2, 0.25) is 0 Å².